The van der Waals surface area contributed by atoms with E-state index in [4.69, 9.17) is 14.2 Å². The minimum Gasteiger partial charge on any atom is -0.444 e. The molecule has 2 rings (SSSR count). The van der Waals surface area contributed by atoms with Crippen LogP contribution in [0.15, 0.2) is 4.99 Å². The Morgan fingerprint density at radius 2 is 2.03 bits per heavy atom. The lowest BCUT2D eigenvalue weighted by Gasteiger charge is -2.37. The lowest BCUT2D eigenvalue weighted by atomic mass is 10.0. The van der Waals surface area contributed by atoms with Crippen LogP contribution in [0.2, 0.25) is 0 Å². The smallest absolute Gasteiger partial charge is 0.410 e. The normalized spacial score (nSPS) is 23.2. The average molecular weight is 413 g/mol. The zero-order chi connectivity index (χ0) is 21.1. The summed E-state index contributed by atoms with van der Waals surface area (Å²) in [6.45, 7) is 10.2. The van der Waals surface area contributed by atoms with Gasteiger partial charge in [-0.05, 0) is 59.3 Å². The number of rotatable bonds is 8. The standard InChI is InChI=1S/C21H40N4O4/c1-21(2,3)29-20(26)25-12-6-5-9-17(25)15-24-19(22-4)23-11-8-13-27-16-18-10-7-14-28-18/h17-18H,5-16H2,1-4H3,(H2,22,23,24). The number of guanidine groups is 1. The molecule has 0 aromatic carbocycles. The molecule has 29 heavy (non-hydrogen) atoms. The Morgan fingerprint density at radius 3 is 2.72 bits per heavy atom. The first-order chi connectivity index (χ1) is 13.9. The first-order valence-corrected chi connectivity index (χ1v) is 11.0. The third kappa shape index (κ3) is 9.21. The SMILES string of the molecule is CN=C(NCCCOCC1CCCO1)NCC1CCCCN1C(=O)OC(C)(C)C. The molecule has 2 saturated heterocycles. The summed E-state index contributed by atoms with van der Waals surface area (Å²) < 4.78 is 16.8. The zero-order valence-corrected chi connectivity index (χ0v) is 18.7. The Labute approximate surface area is 175 Å². The minimum absolute atomic E-state index is 0.117. The van der Waals surface area contributed by atoms with Gasteiger partial charge in [0.05, 0.1) is 18.8 Å². The molecule has 8 nitrogen and oxygen atoms in total. The first kappa shape index (κ1) is 23.7. The van der Waals surface area contributed by atoms with Gasteiger partial charge in [-0.1, -0.05) is 0 Å². The van der Waals surface area contributed by atoms with Crippen molar-refractivity contribution in [3.63, 3.8) is 0 Å². The van der Waals surface area contributed by atoms with Gasteiger partial charge in [-0.25, -0.2) is 4.79 Å². The van der Waals surface area contributed by atoms with Crippen LogP contribution in [0.4, 0.5) is 4.79 Å². The third-order valence-corrected chi connectivity index (χ3v) is 5.07. The van der Waals surface area contributed by atoms with Gasteiger partial charge in [0.25, 0.3) is 0 Å². The second-order valence-electron chi connectivity index (χ2n) is 8.77. The molecule has 0 spiro atoms. The highest BCUT2D eigenvalue weighted by atomic mass is 16.6. The monoisotopic (exact) mass is 412 g/mol. The van der Waals surface area contributed by atoms with Crippen molar-refractivity contribution in [3.05, 3.63) is 0 Å². The van der Waals surface area contributed by atoms with Gasteiger partial charge in [-0.3, -0.25) is 4.99 Å². The van der Waals surface area contributed by atoms with Gasteiger partial charge in [-0.2, -0.15) is 0 Å². The van der Waals surface area contributed by atoms with Crippen LogP contribution in [0.1, 0.15) is 59.3 Å². The summed E-state index contributed by atoms with van der Waals surface area (Å²) in [7, 11) is 1.76. The highest BCUT2D eigenvalue weighted by molar-refractivity contribution is 5.79. The van der Waals surface area contributed by atoms with E-state index in [0.717, 1.165) is 64.2 Å². The van der Waals surface area contributed by atoms with Crippen molar-refractivity contribution in [2.75, 3.05) is 46.5 Å². The van der Waals surface area contributed by atoms with Crippen molar-refractivity contribution in [3.8, 4) is 0 Å². The second-order valence-corrected chi connectivity index (χ2v) is 8.77. The number of amides is 1. The van der Waals surface area contributed by atoms with E-state index in [0.29, 0.717) is 19.8 Å². The number of piperidine rings is 1. The maximum absolute atomic E-state index is 12.5. The molecule has 2 N–H and O–H groups in total. The van der Waals surface area contributed by atoms with Gasteiger partial charge in [0.2, 0.25) is 0 Å². The summed E-state index contributed by atoms with van der Waals surface area (Å²) in [5.41, 5.74) is -0.476. The van der Waals surface area contributed by atoms with E-state index in [1.54, 1.807) is 7.05 Å². The van der Waals surface area contributed by atoms with Crippen LogP contribution in [0.5, 0.6) is 0 Å². The number of ether oxygens (including phenoxy) is 3. The van der Waals surface area contributed by atoms with Crippen LogP contribution in [-0.4, -0.2) is 81.2 Å². The van der Waals surface area contributed by atoms with Gasteiger partial charge in [-0.15, -0.1) is 0 Å². The molecule has 2 aliphatic rings. The van der Waals surface area contributed by atoms with E-state index in [1.165, 1.54) is 0 Å². The summed E-state index contributed by atoms with van der Waals surface area (Å²) in [6.07, 6.45) is 6.33. The topological polar surface area (TPSA) is 84.4 Å². The fraction of sp³-hybridized carbons (Fsp3) is 0.905. The van der Waals surface area contributed by atoms with Crippen molar-refractivity contribution in [2.24, 2.45) is 4.99 Å². The number of hydrogen-bond donors (Lipinski definition) is 2. The number of nitrogens with one attached hydrogen (secondary N) is 2. The summed E-state index contributed by atoms with van der Waals surface area (Å²) in [5.74, 6) is 0.749. The number of aliphatic imine (C=N–C) groups is 1. The number of hydrogen-bond acceptors (Lipinski definition) is 5. The van der Waals surface area contributed by atoms with Gasteiger partial charge in [0, 0.05) is 39.9 Å². The van der Waals surface area contributed by atoms with Crippen molar-refractivity contribution in [1.82, 2.24) is 15.5 Å². The predicted molar refractivity (Wildman–Crippen MR) is 114 cm³/mol. The number of likely N-dealkylation sites (tertiary alicyclic amines) is 1. The maximum Gasteiger partial charge on any atom is 0.410 e. The van der Waals surface area contributed by atoms with Crippen LogP contribution in [-0.2, 0) is 14.2 Å². The van der Waals surface area contributed by atoms with Gasteiger partial charge < -0.3 is 29.7 Å². The molecule has 2 aliphatic heterocycles. The van der Waals surface area contributed by atoms with E-state index >= 15 is 0 Å². The molecule has 2 heterocycles. The van der Waals surface area contributed by atoms with Crippen LogP contribution < -0.4 is 10.6 Å². The summed E-state index contributed by atoms with van der Waals surface area (Å²) in [5, 5.41) is 6.66. The van der Waals surface area contributed by atoms with E-state index in [1.807, 2.05) is 25.7 Å². The summed E-state index contributed by atoms with van der Waals surface area (Å²) in [4.78, 5) is 18.6. The molecule has 0 saturated carbocycles. The molecule has 2 atom stereocenters. The number of carbonyl (C=O) groups is 1. The predicted octanol–water partition coefficient (Wildman–Crippen LogP) is 2.53. The molecule has 2 unspecified atom stereocenters. The minimum atomic E-state index is -0.476. The van der Waals surface area contributed by atoms with Crippen molar-refractivity contribution >= 4 is 12.1 Å². The summed E-state index contributed by atoms with van der Waals surface area (Å²) >= 11 is 0. The fourth-order valence-electron chi connectivity index (χ4n) is 3.58. The summed E-state index contributed by atoms with van der Waals surface area (Å²) in [6, 6.07) is 0.117. The Balaban J connectivity index is 1.65. The second kappa shape index (κ2) is 12.2. The zero-order valence-electron chi connectivity index (χ0n) is 18.7. The highest BCUT2D eigenvalue weighted by Crippen LogP contribution is 2.20. The molecule has 168 valence electrons. The van der Waals surface area contributed by atoms with Gasteiger partial charge >= 0.3 is 6.09 Å². The molecular weight excluding hydrogens is 372 g/mol. The largest absolute Gasteiger partial charge is 0.444 e. The lowest BCUT2D eigenvalue weighted by molar-refractivity contribution is 0.0104. The fourth-order valence-corrected chi connectivity index (χ4v) is 3.58. The van der Waals surface area contributed by atoms with Crippen molar-refractivity contribution < 1.29 is 19.0 Å². The molecule has 0 bridgehead atoms. The molecule has 1 amide bonds. The average Bonchev–Trinajstić information content (AvgIpc) is 3.19. The van der Waals surface area contributed by atoms with E-state index in [2.05, 4.69) is 15.6 Å². The molecule has 2 fully saturated rings. The van der Waals surface area contributed by atoms with E-state index in [-0.39, 0.29) is 18.2 Å². The Hall–Kier alpha value is -1.54. The Bertz CT molecular complexity index is 515. The van der Waals surface area contributed by atoms with Crippen molar-refractivity contribution in [2.45, 2.75) is 77.0 Å². The molecule has 0 aromatic heterocycles. The quantitative estimate of drug-likeness (QED) is 0.362. The number of nitrogens with zero attached hydrogens (tertiary/aromatic N) is 2. The van der Waals surface area contributed by atoms with Crippen LogP contribution in [0.3, 0.4) is 0 Å². The van der Waals surface area contributed by atoms with Crippen LogP contribution in [0.25, 0.3) is 0 Å². The van der Waals surface area contributed by atoms with E-state index < -0.39 is 5.60 Å². The third-order valence-electron chi connectivity index (χ3n) is 5.07. The Morgan fingerprint density at radius 1 is 1.21 bits per heavy atom. The first-order valence-electron chi connectivity index (χ1n) is 11.0. The van der Waals surface area contributed by atoms with Crippen LogP contribution >= 0.6 is 0 Å². The number of carbonyl (C=O) groups excluding carboxylic acids is 1. The maximum atomic E-state index is 12.5. The molecular formula is C21H40N4O4. The molecule has 0 radical (unpaired) electrons. The molecule has 0 aromatic rings. The highest BCUT2D eigenvalue weighted by Gasteiger charge is 2.30. The lowest BCUT2D eigenvalue weighted by Crippen LogP contribution is -2.52. The Kier molecular flexibility index (Phi) is 10.0. The van der Waals surface area contributed by atoms with Crippen molar-refractivity contribution in [1.29, 1.82) is 0 Å². The molecule has 0 aliphatic carbocycles. The van der Waals surface area contributed by atoms with Crippen LogP contribution in [0, 0.1) is 0 Å². The molecule has 8 heteroatoms. The van der Waals surface area contributed by atoms with Gasteiger partial charge in [0.1, 0.15) is 5.60 Å². The van der Waals surface area contributed by atoms with E-state index in [9.17, 15) is 4.79 Å². The van der Waals surface area contributed by atoms with Gasteiger partial charge in [0.15, 0.2) is 5.96 Å².